The third kappa shape index (κ3) is 6.27. The molecule has 1 aromatic rings. The van der Waals surface area contributed by atoms with Gasteiger partial charge in [-0.3, -0.25) is 9.59 Å². The van der Waals surface area contributed by atoms with Gasteiger partial charge in [-0.05, 0) is 18.2 Å². The number of methoxy groups -OCH3 is 1. The Kier molecular flexibility index (Phi) is 7.02. The van der Waals surface area contributed by atoms with Crippen molar-refractivity contribution < 1.29 is 27.5 Å². The van der Waals surface area contributed by atoms with Crippen LogP contribution < -0.4 is 10.2 Å². The molecule has 0 radical (unpaired) electrons. The summed E-state index contributed by atoms with van der Waals surface area (Å²) in [7, 11) is 1.50. The molecule has 1 N–H and O–H groups in total. The zero-order valence-electron chi connectivity index (χ0n) is 12.9. The highest BCUT2D eigenvalue weighted by Gasteiger charge is 2.31. The van der Waals surface area contributed by atoms with E-state index in [4.69, 9.17) is 4.74 Å². The molecule has 0 heterocycles. The average Bonchev–Trinajstić information content (AvgIpc) is 2.47. The maximum Gasteiger partial charge on any atom is 0.416 e. The van der Waals surface area contributed by atoms with Crippen molar-refractivity contribution in [3.63, 3.8) is 0 Å². The van der Waals surface area contributed by atoms with Crippen molar-refractivity contribution in [2.75, 3.05) is 31.7 Å². The molecular weight excluding hydrogens is 313 g/mol. The second-order valence-corrected chi connectivity index (χ2v) is 4.81. The monoisotopic (exact) mass is 332 g/mol. The van der Waals surface area contributed by atoms with Crippen molar-refractivity contribution >= 4 is 17.5 Å². The summed E-state index contributed by atoms with van der Waals surface area (Å²) < 4.78 is 43.0. The predicted octanol–water partition coefficient (Wildman–Crippen LogP) is 2.21. The van der Waals surface area contributed by atoms with Crippen LogP contribution in [0.3, 0.4) is 0 Å². The van der Waals surface area contributed by atoms with Crippen molar-refractivity contribution in [2.24, 2.45) is 0 Å². The number of alkyl halides is 3. The van der Waals surface area contributed by atoms with Crippen LogP contribution in [0.4, 0.5) is 18.9 Å². The molecule has 1 aromatic carbocycles. The van der Waals surface area contributed by atoms with Crippen LogP contribution in [0, 0.1) is 0 Å². The maximum absolute atomic E-state index is 12.7. The highest BCUT2D eigenvalue weighted by molar-refractivity contribution is 5.92. The first kappa shape index (κ1) is 19.0. The molecule has 8 heteroatoms. The normalized spacial score (nSPS) is 11.2. The van der Waals surface area contributed by atoms with E-state index in [9.17, 15) is 22.8 Å². The number of amides is 2. The van der Waals surface area contributed by atoms with E-state index in [-0.39, 0.29) is 24.6 Å². The molecule has 0 bridgehead atoms. The SMILES string of the molecule is COCCNC(=O)CCN(C(C)=O)c1cccc(C(F)(F)F)c1. The second kappa shape index (κ2) is 8.52. The molecule has 0 aliphatic carbocycles. The van der Waals surface area contributed by atoms with Crippen LogP contribution in [-0.2, 0) is 20.5 Å². The Hall–Kier alpha value is -2.09. The quantitative estimate of drug-likeness (QED) is 0.779. The van der Waals surface area contributed by atoms with Gasteiger partial charge in [0, 0.05) is 39.2 Å². The number of nitrogens with one attached hydrogen (secondary N) is 1. The highest BCUT2D eigenvalue weighted by Crippen LogP contribution is 2.31. The third-order valence-electron chi connectivity index (χ3n) is 3.06. The number of hydrogen-bond donors (Lipinski definition) is 1. The lowest BCUT2D eigenvalue weighted by atomic mass is 10.1. The topological polar surface area (TPSA) is 58.6 Å². The lowest BCUT2D eigenvalue weighted by Gasteiger charge is -2.22. The van der Waals surface area contributed by atoms with Gasteiger partial charge in [0.25, 0.3) is 0 Å². The van der Waals surface area contributed by atoms with Crippen LogP contribution in [0.15, 0.2) is 24.3 Å². The maximum atomic E-state index is 12.7. The Morgan fingerprint density at radius 1 is 1.30 bits per heavy atom. The lowest BCUT2D eigenvalue weighted by Crippen LogP contribution is -2.34. The van der Waals surface area contributed by atoms with E-state index in [1.165, 1.54) is 26.2 Å². The minimum atomic E-state index is -4.49. The van der Waals surface area contributed by atoms with Crippen LogP contribution in [0.1, 0.15) is 18.9 Å². The van der Waals surface area contributed by atoms with Crippen LogP contribution in [0.25, 0.3) is 0 Å². The van der Waals surface area contributed by atoms with E-state index in [1.54, 1.807) is 0 Å². The standard InChI is InChI=1S/C15H19F3N2O3/c1-11(21)20(8-6-14(22)19-7-9-23-2)13-5-3-4-12(10-13)15(16,17)18/h3-5,10H,6-9H2,1-2H3,(H,19,22). The van der Waals surface area contributed by atoms with Crippen LogP contribution in [-0.4, -0.2) is 38.6 Å². The fourth-order valence-electron chi connectivity index (χ4n) is 1.91. The predicted molar refractivity (Wildman–Crippen MR) is 79.0 cm³/mol. The fraction of sp³-hybridized carbons (Fsp3) is 0.467. The van der Waals surface area contributed by atoms with Crippen LogP contribution in [0.5, 0.6) is 0 Å². The number of halogens is 3. The van der Waals surface area contributed by atoms with Crippen molar-refractivity contribution in [3.05, 3.63) is 29.8 Å². The first-order valence-electron chi connectivity index (χ1n) is 6.96. The molecule has 0 saturated heterocycles. The van der Waals surface area contributed by atoms with Gasteiger partial charge < -0.3 is 15.0 Å². The summed E-state index contributed by atoms with van der Waals surface area (Å²) in [5.74, 6) is -0.741. The summed E-state index contributed by atoms with van der Waals surface area (Å²) in [6, 6.07) is 4.45. The smallest absolute Gasteiger partial charge is 0.383 e. The lowest BCUT2D eigenvalue weighted by molar-refractivity contribution is -0.137. The number of carbonyl (C=O) groups excluding carboxylic acids is 2. The Bertz CT molecular complexity index is 547. The van der Waals surface area contributed by atoms with E-state index in [2.05, 4.69) is 5.32 Å². The highest BCUT2D eigenvalue weighted by atomic mass is 19.4. The number of hydrogen-bond acceptors (Lipinski definition) is 3. The second-order valence-electron chi connectivity index (χ2n) is 4.81. The number of ether oxygens (including phenoxy) is 1. The van der Waals surface area contributed by atoms with Crippen molar-refractivity contribution in [1.82, 2.24) is 5.32 Å². The Morgan fingerprint density at radius 3 is 2.57 bits per heavy atom. The van der Waals surface area contributed by atoms with Gasteiger partial charge in [0.2, 0.25) is 11.8 Å². The molecule has 0 spiro atoms. The number of rotatable bonds is 7. The van der Waals surface area contributed by atoms with E-state index in [1.807, 2.05) is 0 Å². The molecule has 1 rings (SSSR count). The molecular formula is C15H19F3N2O3. The third-order valence-corrected chi connectivity index (χ3v) is 3.06. The fourth-order valence-corrected chi connectivity index (χ4v) is 1.91. The summed E-state index contributed by atoms with van der Waals surface area (Å²) in [6.45, 7) is 1.92. The average molecular weight is 332 g/mol. The summed E-state index contributed by atoms with van der Waals surface area (Å²) in [6.07, 6.45) is -4.50. The molecule has 2 amide bonds. The number of benzene rings is 1. The zero-order chi connectivity index (χ0) is 17.5. The van der Waals surface area contributed by atoms with E-state index >= 15 is 0 Å². The van der Waals surface area contributed by atoms with Crippen molar-refractivity contribution in [2.45, 2.75) is 19.5 Å². The molecule has 0 unspecified atom stereocenters. The number of carbonyl (C=O) groups is 2. The van der Waals surface area contributed by atoms with E-state index < -0.39 is 17.6 Å². The Balaban J connectivity index is 2.76. The van der Waals surface area contributed by atoms with Gasteiger partial charge >= 0.3 is 6.18 Å². The van der Waals surface area contributed by atoms with Crippen LogP contribution >= 0.6 is 0 Å². The zero-order valence-corrected chi connectivity index (χ0v) is 12.9. The number of anilines is 1. The molecule has 0 aliphatic rings. The first-order chi connectivity index (χ1) is 10.8. The van der Waals surface area contributed by atoms with Gasteiger partial charge in [0.1, 0.15) is 0 Å². The first-order valence-corrected chi connectivity index (χ1v) is 6.96. The Labute approximate surface area is 132 Å². The molecule has 5 nitrogen and oxygen atoms in total. The van der Waals surface area contributed by atoms with Crippen LogP contribution in [0.2, 0.25) is 0 Å². The molecule has 0 fully saturated rings. The largest absolute Gasteiger partial charge is 0.416 e. The van der Waals surface area contributed by atoms with E-state index in [0.29, 0.717) is 13.2 Å². The van der Waals surface area contributed by atoms with Gasteiger partial charge in [-0.2, -0.15) is 13.2 Å². The summed E-state index contributed by atoms with van der Waals surface area (Å²) >= 11 is 0. The van der Waals surface area contributed by atoms with E-state index in [0.717, 1.165) is 17.0 Å². The van der Waals surface area contributed by atoms with Gasteiger partial charge in [0.15, 0.2) is 0 Å². The van der Waals surface area contributed by atoms with Crippen molar-refractivity contribution in [3.8, 4) is 0 Å². The van der Waals surface area contributed by atoms with Gasteiger partial charge in [-0.25, -0.2) is 0 Å². The minimum absolute atomic E-state index is 0.00450. The molecule has 128 valence electrons. The number of nitrogens with zero attached hydrogens (tertiary/aromatic N) is 1. The van der Waals surface area contributed by atoms with Gasteiger partial charge in [-0.15, -0.1) is 0 Å². The summed E-state index contributed by atoms with van der Waals surface area (Å²) in [4.78, 5) is 24.4. The van der Waals surface area contributed by atoms with Gasteiger partial charge in [-0.1, -0.05) is 6.07 Å². The summed E-state index contributed by atoms with van der Waals surface area (Å²) in [5.41, 5.74) is -0.734. The Morgan fingerprint density at radius 2 is 2.00 bits per heavy atom. The minimum Gasteiger partial charge on any atom is -0.383 e. The molecule has 23 heavy (non-hydrogen) atoms. The van der Waals surface area contributed by atoms with Gasteiger partial charge in [0.05, 0.1) is 12.2 Å². The molecule has 0 aromatic heterocycles. The molecule has 0 aliphatic heterocycles. The molecule has 0 atom stereocenters. The molecule has 0 saturated carbocycles. The van der Waals surface area contributed by atoms with Crippen molar-refractivity contribution in [1.29, 1.82) is 0 Å². The summed E-state index contributed by atoms with van der Waals surface area (Å²) in [5, 5.41) is 2.58.